The summed E-state index contributed by atoms with van der Waals surface area (Å²) in [6, 6.07) is 6.08. The summed E-state index contributed by atoms with van der Waals surface area (Å²) < 4.78 is 14.9. The van der Waals surface area contributed by atoms with Crippen LogP contribution in [0.2, 0.25) is 0 Å². The minimum absolute atomic E-state index is 0.337. The molecule has 3 nitrogen and oxygen atoms in total. The number of rotatable bonds is 2. The van der Waals surface area contributed by atoms with Crippen molar-refractivity contribution in [2.75, 3.05) is 0 Å². The first-order chi connectivity index (χ1) is 8.29. The van der Waals surface area contributed by atoms with Crippen LogP contribution in [-0.2, 0) is 0 Å². The highest BCUT2D eigenvalue weighted by Crippen LogP contribution is 2.25. The van der Waals surface area contributed by atoms with E-state index in [1.807, 2.05) is 5.38 Å². The second kappa shape index (κ2) is 3.78. The molecule has 0 aliphatic carbocycles. The molecular weight excluding hydrogens is 239 g/mol. The Morgan fingerprint density at radius 3 is 3.06 bits per heavy atom. The highest BCUT2D eigenvalue weighted by atomic mass is 32.1. The lowest BCUT2D eigenvalue weighted by Gasteiger charge is -1.98. The maximum Gasteiger partial charge on any atom is 0.194 e. The second-order valence-corrected chi connectivity index (χ2v) is 4.40. The van der Waals surface area contributed by atoms with Gasteiger partial charge in [-0.1, -0.05) is 12.1 Å². The van der Waals surface area contributed by atoms with Crippen molar-refractivity contribution < 1.29 is 9.18 Å². The van der Waals surface area contributed by atoms with Crippen molar-refractivity contribution in [3.05, 3.63) is 47.4 Å². The zero-order chi connectivity index (χ0) is 11.8. The lowest BCUT2D eigenvalue weighted by Crippen LogP contribution is -1.90. The van der Waals surface area contributed by atoms with E-state index < -0.39 is 0 Å². The van der Waals surface area contributed by atoms with Gasteiger partial charge >= 0.3 is 0 Å². The average Bonchev–Trinajstić information content (AvgIpc) is 2.88. The molecule has 0 N–H and O–H groups in total. The SMILES string of the molecule is O=Cc1c(-c2cccc(F)c2)nc2sccn12. The first-order valence-corrected chi connectivity index (χ1v) is 5.84. The summed E-state index contributed by atoms with van der Waals surface area (Å²) >= 11 is 1.44. The Labute approximate surface area is 100 Å². The number of thiazole rings is 1. The molecule has 84 valence electrons. The van der Waals surface area contributed by atoms with E-state index in [-0.39, 0.29) is 5.82 Å². The largest absolute Gasteiger partial charge is 0.296 e. The molecule has 17 heavy (non-hydrogen) atoms. The van der Waals surface area contributed by atoms with Gasteiger partial charge in [-0.15, -0.1) is 11.3 Å². The van der Waals surface area contributed by atoms with Crippen LogP contribution >= 0.6 is 11.3 Å². The predicted octanol–water partition coefficient (Wildman–Crippen LogP) is 3.01. The van der Waals surface area contributed by atoms with Crippen LogP contribution in [0.3, 0.4) is 0 Å². The zero-order valence-electron chi connectivity index (χ0n) is 8.63. The lowest BCUT2D eigenvalue weighted by atomic mass is 10.1. The molecule has 0 spiro atoms. The number of nitrogens with zero attached hydrogens (tertiary/aromatic N) is 2. The molecule has 0 fully saturated rings. The van der Waals surface area contributed by atoms with Gasteiger partial charge in [0, 0.05) is 17.1 Å². The topological polar surface area (TPSA) is 34.4 Å². The number of aromatic nitrogens is 2. The van der Waals surface area contributed by atoms with Gasteiger partial charge < -0.3 is 0 Å². The van der Waals surface area contributed by atoms with E-state index >= 15 is 0 Å². The number of hydrogen-bond acceptors (Lipinski definition) is 3. The molecule has 0 radical (unpaired) electrons. The smallest absolute Gasteiger partial charge is 0.194 e. The van der Waals surface area contributed by atoms with E-state index in [0.717, 1.165) is 11.2 Å². The third-order valence-corrected chi connectivity index (χ3v) is 3.27. The van der Waals surface area contributed by atoms with E-state index in [4.69, 9.17) is 0 Å². The van der Waals surface area contributed by atoms with Crippen molar-refractivity contribution in [1.29, 1.82) is 0 Å². The predicted molar refractivity (Wildman–Crippen MR) is 63.9 cm³/mol. The maximum atomic E-state index is 13.1. The Bertz CT molecular complexity index is 701. The van der Waals surface area contributed by atoms with E-state index in [1.54, 1.807) is 22.7 Å². The average molecular weight is 246 g/mol. The number of halogens is 1. The van der Waals surface area contributed by atoms with E-state index in [0.29, 0.717) is 17.0 Å². The van der Waals surface area contributed by atoms with Crippen LogP contribution in [0.4, 0.5) is 4.39 Å². The van der Waals surface area contributed by atoms with Gasteiger partial charge in [0.25, 0.3) is 0 Å². The molecule has 0 aliphatic rings. The van der Waals surface area contributed by atoms with Crippen molar-refractivity contribution >= 4 is 22.6 Å². The number of carbonyl (C=O) groups is 1. The van der Waals surface area contributed by atoms with Crippen LogP contribution in [0.1, 0.15) is 10.5 Å². The first kappa shape index (κ1) is 10.2. The summed E-state index contributed by atoms with van der Waals surface area (Å²) in [6.45, 7) is 0. The van der Waals surface area contributed by atoms with Crippen molar-refractivity contribution in [3.8, 4) is 11.3 Å². The second-order valence-electron chi connectivity index (χ2n) is 3.53. The lowest BCUT2D eigenvalue weighted by molar-refractivity contribution is 0.111. The minimum atomic E-state index is -0.337. The Balaban J connectivity index is 2.29. The van der Waals surface area contributed by atoms with Crippen LogP contribution in [0.5, 0.6) is 0 Å². The summed E-state index contributed by atoms with van der Waals surface area (Å²) in [5, 5.41) is 1.85. The third kappa shape index (κ3) is 1.55. The van der Waals surface area contributed by atoms with Crippen LogP contribution < -0.4 is 0 Å². The molecule has 0 saturated carbocycles. The molecule has 0 saturated heterocycles. The van der Waals surface area contributed by atoms with Crippen molar-refractivity contribution in [1.82, 2.24) is 9.38 Å². The Morgan fingerprint density at radius 2 is 2.29 bits per heavy atom. The normalized spacial score (nSPS) is 10.9. The fourth-order valence-corrected chi connectivity index (χ4v) is 2.49. The summed E-state index contributed by atoms with van der Waals surface area (Å²) in [5.74, 6) is -0.337. The van der Waals surface area contributed by atoms with Crippen molar-refractivity contribution in [2.45, 2.75) is 0 Å². The zero-order valence-corrected chi connectivity index (χ0v) is 9.45. The molecule has 0 bridgehead atoms. The summed E-state index contributed by atoms with van der Waals surface area (Å²) in [6.07, 6.45) is 2.52. The first-order valence-electron chi connectivity index (χ1n) is 4.96. The van der Waals surface area contributed by atoms with Gasteiger partial charge in [0.1, 0.15) is 17.2 Å². The molecule has 1 aromatic carbocycles. The quantitative estimate of drug-likeness (QED) is 0.651. The number of carbonyl (C=O) groups excluding carboxylic acids is 1. The van der Waals surface area contributed by atoms with Crippen molar-refractivity contribution in [2.24, 2.45) is 0 Å². The molecule has 2 aromatic heterocycles. The monoisotopic (exact) mass is 246 g/mol. The van der Waals surface area contributed by atoms with Crippen LogP contribution in [0.25, 0.3) is 16.2 Å². The molecule has 3 aromatic rings. The third-order valence-electron chi connectivity index (χ3n) is 2.51. The highest BCUT2D eigenvalue weighted by molar-refractivity contribution is 7.15. The molecule has 0 amide bonds. The number of benzene rings is 1. The number of fused-ring (bicyclic) bond motifs is 1. The molecule has 0 atom stereocenters. The fourth-order valence-electron chi connectivity index (χ4n) is 1.76. The number of imidazole rings is 1. The van der Waals surface area contributed by atoms with Crippen LogP contribution in [-0.4, -0.2) is 15.7 Å². The standard InChI is InChI=1S/C12H7FN2OS/c13-9-3-1-2-8(6-9)11-10(7-16)15-4-5-17-12(15)14-11/h1-7H. The summed E-state index contributed by atoms with van der Waals surface area (Å²) in [7, 11) is 0. The van der Waals surface area contributed by atoms with Crippen LogP contribution in [0, 0.1) is 5.82 Å². The number of aldehydes is 1. The van der Waals surface area contributed by atoms with E-state index in [2.05, 4.69) is 4.98 Å². The van der Waals surface area contributed by atoms with Gasteiger partial charge in [0.05, 0.1) is 0 Å². The van der Waals surface area contributed by atoms with Gasteiger partial charge in [-0.05, 0) is 12.1 Å². The Morgan fingerprint density at radius 1 is 1.41 bits per heavy atom. The molecule has 5 heteroatoms. The van der Waals surface area contributed by atoms with E-state index in [9.17, 15) is 9.18 Å². The van der Waals surface area contributed by atoms with Gasteiger partial charge in [0.2, 0.25) is 0 Å². The Hall–Kier alpha value is -2.01. The van der Waals surface area contributed by atoms with E-state index in [1.165, 1.54) is 23.5 Å². The van der Waals surface area contributed by atoms with Gasteiger partial charge in [0.15, 0.2) is 11.2 Å². The fraction of sp³-hybridized carbons (Fsp3) is 0. The highest BCUT2D eigenvalue weighted by Gasteiger charge is 2.14. The number of hydrogen-bond donors (Lipinski definition) is 0. The molecule has 3 rings (SSSR count). The Kier molecular flexibility index (Phi) is 2.26. The van der Waals surface area contributed by atoms with Crippen LogP contribution in [0.15, 0.2) is 35.8 Å². The van der Waals surface area contributed by atoms with Crippen molar-refractivity contribution in [3.63, 3.8) is 0 Å². The molecule has 2 heterocycles. The summed E-state index contributed by atoms with van der Waals surface area (Å²) in [4.78, 5) is 16.2. The summed E-state index contributed by atoms with van der Waals surface area (Å²) in [5.41, 5.74) is 1.58. The minimum Gasteiger partial charge on any atom is -0.296 e. The molecular formula is C12H7FN2OS. The van der Waals surface area contributed by atoms with Gasteiger partial charge in [-0.2, -0.15) is 0 Å². The maximum absolute atomic E-state index is 13.1. The van der Waals surface area contributed by atoms with Gasteiger partial charge in [-0.25, -0.2) is 9.37 Å². The molecule has 0 aliphatic heterocycles. The molecule has 0 unspecified atom stereocenters. The van der Waals surface area contributed by atoms with Gasteiger partial charge in [-0.3, -0.25) is 9.20 Å².